The highest BCUT2D eigenvalue weighted by molar-refractivity contribution is 5.83. The summed E-state index contributed by atoms with van der Waals surface area (Å²) in [5.74, 6) is 2.88. The average molecular weight is 421 g/mol. The van der Waals surface area contributed by atoms with Crippen molar-refractivity contribution in [2.24, 2.45) is 0 Å². The number of fused-ring (bicyclic) bond motifs is 1. The van der Waals surface area contributed by atoms with E-state index in [0.29, 0.717) is 11.7 Å². The Bertz CT molecular complexity index is 1230. The maximum Gasteiger partial charge on any atom is 0.249 e. The second-order valence-corrected chi connectivity index (χ2v) is 7.82. The van der Waals surface area contributed by atoms with Crippen molar-refractivity contribution in [3.05, 3.63) is 52.9 Å². The smallest absolute Gasteiger partial charge is 0.249 e. The Hall–Kier alpha value is -3.42. The Morgan fingerprint density at radius 2 is 1.94 bits per heavy atom. The molecular formula is C23H28N6O2. The van der Waals surface area contributed by atoms with Crippen LogP contribution in [0.15, 0.2) is 28.8 Å². The summed E-state index contributed by atoms with van der Waals surface area (Å²) in [5.41, 5.74) is 5.85. The van der Waals surface area contributed by atoms with Crippen LogP contribution in [0, 0.1) is 27.7 Å². The van der Waals surface area contributed by atoms with E-state index < -0.39 is 0 Å². The zero-order chi connectivity index (χ0) is 22.1. The lowest BCUT2D eigenvalue weighted by atomic mass is 10.0. The fourth-order valence-corrected chi connectivity index (χ4v) is 3.89. The molecule has 3 aromatic heterocycles. The molecule has 0 aliphatic heterocycles. The molecule has 0 radical (unpaired) electrons. The van der Waals surface area contributed by atoms with E-state index in [9.17, 15) is 0 Å². The number of aryl methyl sites for hydroxylation is 4. The minimum Gasteiger partial charge on any atom is -0.497 e. The summed E-state index contributed by atoms with van der Waals surface area (Å²) in [6, 6.07) is 7.96. The number of nitrogens with one attached hydrogen (secondary N) is 1. The largest absolute Gasteiger partial charge is 0.497 e. The van der Waals surface area contributed by atoms with Gasteiger partial charge in [-0.3, -0.25) is 0 Å². The topological polar surface area (TPSA) is 90.4 Å². The minimum atomic E-state index is -0.105. The maximum atomic E-state index is 5.45. The summed E-state index contributed by atoms with van der Waals surface area (Å²) in [6.07, 6.45) is 1.83. The molecular weight excluding hydrogens is 392 g/mol. The summed E-state index contributed by atoms with van der Waals surface area (Å²) in [6.45, 7) is 10.0. The van der Waals surface area contributed by atoms with E-state index in [1.807, 2.05) is 43.5 Å². The fraction of sp³-hybridized carbons (Fsp3) is 0.391. The summed E-state index contributed by atoms with van der Waals surface area (Å²) in [4.78, 5) is 9.25. The van der Waals surface area contributed by atoms with Crippen LogP contribution in [0.2, 0.25) is 0 Å². The van der Waals surface area contributed by atoms with Crippen molar-refractivity contribution in [1.29, 1.82) is 0 Å². The minimum absolute atomic E-state index is 0.105. The first kappa shape index (κ1) is 20.8. The van der Waals surface area contributed by atoms with Gasteiger partial charge in [0.1, 0.15) is 17.6 Å². The molecule has 1 N–H and O–H groups in total. The summed E-state index contributed by atoms with van der Waals surface area (Å²) in [5, 5.41) is 12.3. The molecule has 0 saturated heterocycles. The van der Waals surface area contributed by atoms with E-state index in [0.717, 1.165) is 58.1 Å². The van der Waals surface area contributed by atoms with Crippen molar-refractivity contribution in [1.82, 2.24) is 24.7 Å². The van der Waals surface area contributed by atoms with Gasteiger partial charge in [-0.15, -0.1) is 0 Å². The van der Waals surface area contributed by atoms with Gasteiger partial charge in [-0.1, -0.05) is 24.6 Å². The van der Waals surface area contributed by atoms with Crippen LogP contribution in [0.1, 0.15) is 54.5 Å². The second-order valence-electron chi connectivity index (χ2n) is 7.82. The molecule has 4 rings (SSSR count). The predicted molar refractivity (Wildman–Crippen MR) is 119 cm³/mol. The van der Waals surface area contributed by atoms with Crippen LogP contribution in [0.25, 0.3) is 16.8 Å². The lowest BCUT2D eigenvalue weighted by Crippen LogP contribution is -2.14. The normalized spacial score (nSPS) is 12.3. The first-order valence-corrected chi connectivity index (χ1v) is 10.5. The Morgan fingerprint density at radius 3 is 2.58 bits per heavy atom. The number of anilines is 1. The highest BCUT2D eigenvalue weighted by Gasteiger charge is 2.22. The van der Waals surface area contributed by atoms with E-state index in [1.54, 1.807) is 7.11 Å². The number of methoxy groups -OCH3 is 1. The van der Waals surface area contributed by atoms with Crippen LogP contribution < -0.4 is 10.1 Å². The molecule has 0 unspecified atom stereocenters. The number of aromatic nitrogens is 5. The average Bonchev–Trinajstić information content (AvgIpc) is 3.30. The van der Waals surface area contributed by atoms with Gasteiger partial charge in [0, 0.05) is 17.3 Å². The highest BCUT2D eigenvalue weighted by Crippen LogP contribution is 2.34. The second kappa shape index (κ2) is 8.37. The number of nitrogens with zero attached hydrogens (tertiary/aromatic N) is 5. The standard InChI is InChI=1S/C23H28N6O2/c1-7-8-19(23-25-16(5)28-31-23)26-20-12-14(3)24-22-21(15(4)27-29(20)22)18-10-9-17(30-6)11-13(18)2/h9-12,19,26H,7-8H2,1-6H3/t19-/m0/s1. The van der Waals surface area contributed by atoms with Gasteiger partial charge in [0.2, 0.25) is 5.89 Å². The van der Waals surface area contributed by atoms with Crippen molar-refractivity contribution in [3.63, 3.8) is 0 Å². The van der Waals surface area contributed by atoms with Gasteiger partial charge in [0.05, 0.1) is 12.8 Å². The Morgan fingerprint density at radius 1 is 1.13 bits per heavy atom. The summed E-state index contributed by atoms with van der Waals surface area (Å²) < 4.78 is 12.7. The van der Waals surface area contributed by atoms with Crippen molar-refractivity contribution >= 4 is 11.5 Å². The summed E-state index contributed by atoms with van der Waals surface area (Å²) in [7, 11) is 1.68. The van der Waals surface area contributed by atoms with Crippen molar-refractivity contribution in [2.45, 2.75) is 53.5 Å². The van der Waals surface area contributed by atoms with E-state index in [4.69, 9.17) is 19.3 Å². The molecule has 31 heavy (non-hydrogen) atoms. The van der Waals surface area contributed by atoms with E-state index in [1.165, 1.54) is 0 Å². The molecule has 0 aliphatic rings. The van der Waals surface area contributed by atoms with Crippen LogP contribution in [0.3, 0.4) is 0 Å². The lowest BCUT2D eigenvalue weighted by Gasteiger charge is -2.17. The Balaban J connectivity index is 1.82. The van der Waals surface area contributed by atoms with Gasteiger partial charge in [0.25, 0.3) is 0 Å². The lowest BCUT2D eigenvalue weighted by molar-refractivity contribution is 0.352. The third-order valence-electron chi connectivity index (χ3n) is 5.34. The molecule has 162 valence electrons. The van der Waals surface area contributed by atoms with Gasteiger partial charge in [0.15, 0.2) is 11.5 Å². The molecule has 1 aromatic carbocycles. The van der Waals surface area contributed by atoms with Crippen LogP contribution in [-0.4, -0.2) is 31.8 Å². The highest BCUT2D eigenvalue weighted by atomic mass is 16.5. The summed E-state index contributed by atoms with van der Waals surface area (Å²) >= 11 is 0. The molecule has 8 heteroatoms. The molecule has 0 bridgehead atoms. The number of hydrogen-bond acceptors (Lipinski definition) is 7. The van der Waals surface area contributed by atoms with Gasteiger partial charge in [-0.2, -0.15) is 14.6 Å². The monoisotopic (exact) mass is 420 g/mol. The molecule has 0 amide bonds. The van der Waals surface area contributed by atoms with Crippen molar-refractivity contribution < 1.29 is 9.26 Å². The first-order chi connectivity index (χ1) is 14.9. The Labute approximate surface area is 181 Å². The van der Waals surface area contributed by atoms with Gasteiger partial charge in [-0.25, -0.2) is 4.98 Å². The van der Waals surface area contributed by atoms with Crippen molar-refractivity contribution in [3.8, 4) is 16.9 Å². The number of hydrogen-bond donors (Lipinski definition) is 1. The molecule has 8 nitrogen and oxygen atoms in total. The first-order valence-electron chi connectivity index (χ1n) is 10.5. The maximum absolute atomic E-state index is 5.45. The molecule has 4 aromatic rings. The van der Waals surface area contributed by atoms with Gasteiger partial charge < -0.3 is 14.6 Å². The van der Waals surface area contributed by atoms with E-state index in [-0.39, 0.29) is 6.04 Å². The van der Waals surface area contributed by atoms with Crippen LogP contribution in [0.5, 0.6) is 5.75 Å². The third-order valence-corrected chi connectivity index (χ3v) is 5.34. The SMILES string of the molecule is CCC[C@H](Nc1cc(C)nc2c(-c3ccc(OC)cc3C)c(C)nn12)c1nc(C)no1. The third kappa shape index (κ3) is 3.97. The van der Waals surface area contributed by atoms with E-state index in [2.05, 4.69) is 35.4 Å². The van der Waals surface area contributed by atoms with Crippen LogP contribution in [-0.2, 0) is 0 Å². The molecule has 0 saturated carbocycles. The molecule has 0 spiro atoms. The Kier molecular flexibility index (Phi) is 5.63. The van der Waals surface area contributed by atoms with Crippen molar-refractivity contribution in [2.75, 3.05) is 12.4 Å². The quantitative estimate of drug-likeness (QED) is 0.451. The zero-order valence-electron chi connectivity index (χ0n) is 18.9. The van der Waals surface area contributed by atoms with Gasteiger partial charge >= 0.3 is 0 Å². The predicted octanol–water partition coefficient (Wildman–Crippen LogP) is 4.97. The van der Waals surface area contributed by atoms with E-state index >= 15 is 0 Å². The molecule has 0 fully saturated rings. The molecule has 3 heterocycles. The van der Waals surface area contributed by atoms with Crippen LogP contribution >= 0.6 is 0 Å². The number of rotatable bonds is 7. The van der Waals surface area contributed by atoms with Gasteiger partial charge in [-0.05, 0) is 57.4 Å². The molecule has 0 aliphatic carbocycles. The van der Waals surface area contributed by atoms with Crippen LogP contribution in [0.4, 0.5) is 5.82 Å². The number of benzene rings is 1. The number of ether oxygens (including phenoxy) is 1. The molecule has 1 atom stereocenters. The fourth-order valence-electron chi connectivity index (χ4n) is 3.89. The zero-order valence-corrected chi connectivity index (χ0v) is 18.9.